The molecule has 0 bridgehead atoms. The van der Waals surface area contributed by atoms with Crippen LogP contribution in [-0.2, 0) is 22.4 Å². The summed E-state index contributed by atoms with van der Waals surface area (Å²) >= 11 is 0. The third-order valence-electron chi connectivity index (χ3n) is 8.83. The quantitative estimate of drug-likeness (QED) is 0.0801. The molecule has 3 N–H and O–H groups in total. The van der Waals surface area contributed by atoms with Crippen molar-refractivity contribution in [3.63, 3.8) is 0 Å². The van der Waals surface area contributed by atoms with Gasteiger partial charge in [0.05, 0.1) is 6.61 Å². The molecule has 4 aromatic carbocycles. The van der Waals surface area contributed by atoms with Crippen LogP contribution in [0.4, 0.5) is 0 Å². The van der Waals surface area contributed by atoms with E-state index in [1.807, 2.05) is 91.0 Å². The first kappa shape index (κ1) is 37.4. The van der Waals surface area contributed by atoms with Gasteiger partial charge in [0.1, 0.15) is 17.8 Å². The van der Waals surface area contributed by atoms with Crippen molar-refractivity contribution in [2.75, 3.05) is 6.61 Å². The number of hydrogen-bond acceptors (Lipinski definition) is 6. The predicted octanol–water partition coefficient (Wildman–Crippen LogP) is 7.68. The van der Waals surface area contributed by atoms with E-state index in [0.29, 0.717) is 11.4 Å². The average molecular weight is 699 g/mol. The van der Waals surface area contributed by atoms with Crippen LogP contribution in [0, 0.1) is 0 Å². The van der Waals surface area contributed by atoms with Crippen LogP contribution in [0.5, 0.6) is 5.75 Å². The fourth-order valence-electron chi connectivity index (χ4n) is 5.72. The summed E-state index contributed by atoms with van der Waals surface area (Å²) in [6.07, 6.45) is 10.4. The summed E-state index contributed by atoms with van der Waals surface area (Å²) < 4.78 is 5.89. The Morgan fingerprint density at radius 3 is 1.96 bits per heavy atom. The zero-order valence-corrected chi connectivity index (χ0v) is 29.8. The van der Waals surface area contributed by atoms with Crippen LogP contribution in [-0.4, -0.2) is 51.5 Å². The molecule has 0 aliphatic heterocycles. The highest BCUT2D eigenvalue weighted by Crippen LogP contribution is 2.24. The predicted molar refractivity (Wildman–Crippen MR) is 203 cm³/mol. The fraction of sp³-hybridized carbons (Fsp3) is 0.279. The van der Waals surface area contributed by atoms with Gasteiger partial charge in [-0.05, 0) is 66.3 Å². The number of nitrogens with zero attached hydrogens (tertiary/aromatic N) is 2. The van der Waals surface area contributed by atoms with Gasteiger partial charge in [-0.25, -0.2) is 9.97 Å². The van der Waals surface area contributed by atoms with Gasteiger partial charge in [-0.3, -0.25) is 14.4 Å². The maximum absolute atomic E-state index is 13.3. The Balaban J connectivity index is 1.20. The van der Waals surface area contributed by atoms with Crippen LogP contribution in [0.1, 0.15) is 73.0 Å². The van der Waals surface area contributed by atoms with Gasteiger partial charge < -0.3 is 20.5 Å². The maximum Gasteiger partial charge on any atom is 0.325 e. The number of nitrogens with one attached hydrogen (secondary N) is 2. The number of amides is 2. The van der Waals surface area contributed by atoms with E-state index < -0.39 is 29.9 Å². The van der Waals surface area contributed by atoms with Crippen LogP contribution in [0.2, 0.25) is 0 Å². The molecule has 52 heavy (non-hydrogen) atoms. The summed E-state index contributed by atoms with van der Waals surface area (Å²) in [5.41, 5.74) is 6.04. The van der Waals surface area contributed by atoms with Crippen molar-refractivity contribution >= 4 is 17.8 Å². The molecule has 9 heteroatoms. The largest absolute Gasteiger partial charge is 0.494 e. The van der Waals surface area contributed by atoms with Crippen LogP contribution >= 0.6 is 0 Å². The van der Waals surface area contributed by atoms with Crippen molar-refractivity contribution in [2.24, 2.45) is 0 Å². The second-order valence-electron chi connectivity index (χ2n) is 12.9. The van der Waals surface area contributed by atoms with E-state index in [1.54, 1.807) is 24.5 Å². The van der Waals surface area contributed by atoms with E-state index in [9.17, 15) is 19.5 Å². The Hall–Kier alpha value is -5.83. The lowest BCUT2D eigenvalue weighted by Crippen LogP contribution is -2.51. The second kappa shape index (κ2) is 19.0. The van der Waals surface area contributed by atoms with Crippen LogP contribution in [0.3, 0.4) is 0 Å². The first-order valence-electron chi connectivity index (χ1n) is 17.9. The molecule has 0 saturated heterocycles. The first-order valence-corrected chi connectivity index (χ1v) is 17.9. The Bertz CT molecular complexity index is 1880. The van der Waals surface area contributed by atoms with Gasteiger partial charge in [0.25, 0.3) is 5.91 Å². The maximum atomic E-state index is 13.3. The zero-order chi connectivity index (χ0) is 36.7. The van der Waals surface area contributed by atoms with Gasteiger partial charge in [0.2, 0.25) is 5.91 Å². The number of carbonyl (C=O) groups is 3. The highest BCUT2D eigenvalue weighted by Gasteiger charge is 2.25. The van der Waals surface area contributed by atoms with Gasteiger partial charge >= 0.3 is 5.97 Å². The molecular formula is C43H46N4O5. The highest BCUT2D eigenvalue weighted by atomic mass is 16.5. The number of aromatic nitrogens is 2. The molecule has 2 atom stereocenters. The Morgan fingerprint density at radius 2 is 1.31 bits per heavy atom. The lowest BCUT2D eigenvalue weighted by Gasteiger charge is -2.20. The van der Waals surface area contributed by atoms with Crippen molar-refractivity contribution in [1.82, 2.24) is 20.6 Å². The number of ether oxygens (including phenoxy) is 1. The topological polar surface area (TPSA) is 131 Å². The van der Waals surface area contributed by atoms with Crippen molar-refractivity contribution in [2.45, 2.75) is 70.9 Å². The minimum absolute atomic E-state index is 0.147. The third kappa shape index (κ3) is 11.1. The molecule has 268 valence electrons. The molecule has 5 aromatic rings. The van der Waals surface area contributed by atoms with Gasteiger partial charge in [0.15, 0.2) is 5.82 Å². The second-order valence-corrected chi connectivity index (χ2v) is 12.9. The van der Waals surface area contributed by atoms with Crippen molar-refractivity contribution in [3.05, 3.63) is 138 Å². The van der Waals surface area contributed by atoms with Crippen molar-refractivity contribution in [3.8, 4) is 28.3 Å². The van der Waals surface area contributed by atoms with E-state index in [2.05, 4.69) is 27.5 Å². The molecule has 0 aliphatic carbocycles. The Kier molecular flexibility index (Phi) is 13.6. The van der Waals surface area contributed by atoms with E-state index >= 15 is 0 Å². The Labute approximate surface area is 305 Å². The molecule has 2 amide bonds. The van der Waals surface area contributed by atoms with Gasteiger partial charge in [0, 0.05) is 35.5 Å². The molecule has 1 aromatic heterocycles. The third-order valence-corrected chi connectivity index (χ3v) is 8.83. The zero-order valence-electron chi connectivity index (χ0n) is 29.8. The van der Waals surface area contributed by atoms with Crippen LogP contribution < -0.4 is 15.4 Å². The standard InChI is InChI=1S/C43H46N4O5/c1-3-4-5-6-10-25-52-38-23-21-34(22-24-38)37-28-44-40(45-29-37)35-17-13-33(14-18-35)27-39(42(49)46-30(2)43(50)51)47-41(48)36-19-15-32(16-20-36)26-31-11-8-7-9-12-31/h7-9,11-24,28-30,39H,3-6,10,25-27H2,1-2H3,(H,46,49)(H,47,48)(H,50,51)/t30-,39+/m1/s1. The number of carboxylic acid groups (broad SMARTS) is 1. The summed E-state index contributed by atoms with van der Waals surface area (Å²) in [6, 6.07) is 30.5. The summed E-state index contributed by atoms with van der Waals surface area (Å²) in [4.78, 5) is 47.1. The first-order chi connectivity index (χ1) is 25.3. The monoisotopic (exact) mass is 698 g/mol. The number of aliphatic carboxylic acids is 1. The molecule has 0 fully saturated rings. The molecular weight excluding hydrogens is 652 g/mol. The van der Waals surface area contributed by atoms with Crippen molar-refractivity contribution < 1.29 is 24.2 Å². The number of carbonyl (C=O) groups excluding carboxylic acids is 2. The fourth-order valence-corrected chi connectivity index (χ4v) is 5.72. The number of hydrogen-bond donors (Lipinski definition) is 3. The number of benzene rings is 4. The van der Waals surface area contributed by atoms with Gasteiger partial charge in [-0.15, -0.1) is 0 Å². The van der Waals surface area contributed by atoms with E-state index in [4.69, 9.17) is 4.74 Å². The minimum atomic E-state index is -1.17. The van der Waals surface area contributed by atoms with E-state index in [-0.39, 0.29) is 6.42 Å². The molecule has 0 aliphatic rings. The molecule has 0 saturated carbocycles. The SMILES string of the molecule is CCCCCCCOc1ccc(-c2cnc(-c3ccc(C[C@H](NC(=O)c4ccc(Cc5ccccc5)cc4)C(=O)N[C@H](C)C(=O)O)cc3)nc2)cc1. The number of rotatable bonds is 18. The van der Waals surface area contributed by atoms with E-state index in [1.165, 1.54) is 32.6 Å². The van der Waals surface area contributed by atoms with Crippen molar-refractivity contribution in [1.29, 1.82) is 0 Å². The van der Waals surface area contributed by atoms with Crippen LogP contribution in [0.25, 0.3) is 22.5 Å². The summed E-state index contributed by atoms with van der Waals surface area (Å²) in [6.45, 7) is 4.31. The summed E-state index contributed by atoms with van der Waals surface area (Å²) in [7, 11) is 0. The molecule has 9 nitrogen and oxygen atoms in total. The van der Waals surface area contributed by atoms with Crippen LogP contribution in [0.15, 0.2) is 116 Å². The number of carboxylic acids is 1. The lowest BCUT2D eigenvalue weighted by atomic mass is 10.0. The molecule has 5 rings (SSSR count). The molecule has 0 radical (unpaired) electrons. The molecule has 0 spiro atoms. The average Bonchev–Trinajstić information content (AvgIpc) is 3.17. The van der Waals surface area contributed by atoms with Gasteiger partial charge in [-0.1, -0.05) is 111 Å². The Morgan fingerprint density at radius 1 is 0.692 bits per heavy atom. The lowest BCUT2D eigenvalue weighted by molar-refractivity contribution is -0.141. The summed E-state index contributed by atoms with van der Waals surface area (Å²) in [5.74, 6) is -0.793. The van der Waals surface area contributed by atoms with Gasteiger partial charge in [-0.2, -0.15) is 0 Å². The highest BCUT2D eigenvalue weighted by molar-refractivity contribution is 5.98. The summed E-state index contributed by atoms with van der Waals surface area (Å²) in [5, 5.41) is 14.7. The minimum Gasteiger partial charge on any atom is -0.494 e. The number of unbranched alkanes of at least 4 members (excludes halogenated alkanes) is 4. The normalized spacial score (nSPS) is 12.0. The molecule has 0 unspecified atom stereocenters. The smallest absolute Gasteiger partial charge is 0.325 e. The molecule has 1 heterocycles. The van der Waals surface area contributed by atoms with E-state index in [0.717, 1.165) is 58.6 Å².